The van der Waals surface area contributed by atoms with E-state index in [9.17, 15) is 9.18 Å². The van der Waals surface area contributed by atoms with Crippen LogP contribution in [0.15, 0.2) is 24.3 Å². The fraction of sp³-hybridized carbons (Fsp3) is 0.588. The van der Waals surface area contributed by atoms with Gasteiger partial charge in [-0.3, -0.25) is 4.90 Å². The molecule has 1 heterocycles. The summed E-state index contributed by atoms with van der Waals surface area (Å²) in [6, 6.07) is 6.51. The SMILES string of the molecule is C[C@H](CN1[C@@H](C)CCC[C@@H]1C)OC(=O)c1ccc(F)cc1. The third-order valence-corrected chi connectivity index (χ3v) is 4.23. The standard InChI is InChI=1S/C17H24FNO2/c1-12-5-4-6-13(2)19(12)11-14(3)21-17(20)15-7-9-16(18)10-8-15/h7-10,12-14H,4-6,11H2,1-3H3/t12-,13-,14+/m0/s1. The molecule has 3 nitrogen and oxygen atoms in total. The lowest BCUT2D eigenvalue weighted by Gasteiger charge is -2.40. The topological polar surface area (TPSA) is 29.5 Å². The molecule has 1 aliphatic heterocycles. The molecule has 2 rings (SSSR count). The first-order valence-electron chi connectivity index (χ1n) is 7.69. The van der Waals surface area contributed by atoms with Gasteiger partial charge in [0.15, 0.2) is 0 Å². The number of hydrogen-bond donors (Lipinski definition) is 0. The molecule has 116 valence electrons. The number of nitrogens with zero attached hydrogens (tertiary/aromatic N) is 1. The number of carbonyl (C=O) groups excluding carboxylic acids is 1. The second-order valence-corrected chi connectivity index (χ2v) is 6.05. The van der Waals surface area contributed by atoms with Gasteiger partial charge in [-0.2, -0.15) is 0 Å². The van der Waals surface area contributed by atoms with Crippen LogP contribution >= 0.6 is 0 Å². The van der Waals surface area contributed by atoms with Crippen molar-refractivity contribution < 1.29 is 13.9 Å². The fourth-order valence-electron chi connectivity index (χ4n) is 3.01. The Balaban J connectivity index is 1.90. The van der Waals surface area contributed by atoms with Crippen LogP contribution in [0.1, 0.15) is 50.4 Å². The zero-order valence-electron chi connectivity index (χ0n) is 13.0. The molecule has 0 aliphatic carbocycles. The molecule has 21 heavy (non-hydrogen) atoms. The summed E-state index contributed by atoms with van der Waals surface area (Å²) in [4.78, 5) is 14.4. The number of carbonyl (C=O) groups is 1. The van der Waals surface area contributed by atoms with Gasteiger partial charge in [0.25, 0.3) is 0 Å². The van der Waals surface area contributed by atoms with Crippen LogP contribution in [-0.4, -0.2) is 35.6 Å². The first-order chi connectivity index (χ1) is 9.97. The predicted molar refractivity (Wildman–Crippen MR) is 80.8 cm³/mol. The summed E-state index contributed by atoms with van der Waals surface area (Å²) in [5, 5.41) is 0. The molecule has 1 fully saturated rings. The first kappa shape index (κ1) is 16.0. The van der Waals surface area contributed by atoms with E-state index in [-0.39, 0.29) is 17.9 Å². The van der Waals surface area contributed by atoms with Gasteiger partial charge in [0.1, 0.15) is 11.9 Å². The van der Waals surface area contributed by atoms with Gasteiger partial charge in [0.05, 0.1) is 5.56 Å². The van der Waals surface area contributed by atoms with E-state index in [2.05, 4.69) is 18.7 Å². The highest BCUT2D eigenvalue weighted by Gasteiger charge is 2.26. The minimum Gasteiger partial charge on any atom is -0.458 e. The summed E-state index contributed by atoms with van der Waals surface area (Å²) in [5.41, 5.74) is 0.392. The molecule has 1 aliphatic rings. The van der Waals surface area contributed by atoms with E-state index in [0.717, 1.165) is 6.54 Å². The summed E-state index contributed by atoms with van der Waals surface area (Å²) in [6.07, 6.45) is 3.49. The number of halogens is 1. The molecule has 4 heteroatoms. The molecular formula is C17H24FNO2. The summed E-state index contributed by atoms with van der Waals surface area (Å²) >= 11 is 0. The van der Waals surface area contributed by atoms with E-state index in [1.54, 1.807) is 0 Å². The van der Waals surface area contributed by atoms with Crippen molar-refractivity contribution in [2.24, 2.45) is 0 Å². The lowest BCUT2D eigenvalue weighted by Crippen LogP contribution is -2.47. The van der Waals surface area contributed by atoms with Crippen molar-refractivity contribution >= 4 is 5.97 Å². The average Bonchev–Trinajstić information content (AvgIpc) is 2.43. The Morgan fingerprint density at radius 1 is 1.29 bits per heavy atom. The lowest BCUT2D eigenvalue weighted by atomic mass is 9.97. The van der Waals surface area contributed by atoms with E-state index in [4.69, 9.17) is 4.74 Å². The molecule has 0 bridgehead atoms. The van der Waals surface area contributed by atoms with Gasteiger partial charge in [-0.25, -0.2) is 9.18 Å². The number of hydrogen-bond acceptors (Lipinski definition) is 3. The summed E-state index contributed by atoms with van der Waals surface area (Å²) < 4.78 is 18.3. The number of rotatable bonds is 4. The van der Waals surface area contributed by atoms with Crippen LogP contribution in [0.4, 0.5) is 4.39 Å². The van der Waals surface area contributed by atoms with E-state index in [1.807, 2.05) is 6.92 Å². The van der Waals surface area contributed by atoms with Crippen LogP contribution in [0.25, 0.3) is 0 Å². The van der Waals surface area contributed by atoms with Gasteiger partial charge >= 0.3 is 5.97 Å². The Labute approximate surface area is 126 Å². The number of likely N-dealkylation sites (tertiary alicyclic amines) is 1. The van der Waals surface area contributed by atoms with Crippen molar-refractivity contribution in [1.82, 2.24) is 4.90 Å². The summed E-state index contributed by atoms with van der Waals surface area (Å²) in [6.45, 7) is 7.11. The zero-order valence-corrected chi connectivity index (χ0v) is 13.0. The van der Waals surface area contributed by atoms with Crippen LogP contribution in [0.3, 0.4) is 0 Å². The Kier molecular flexibility index (Phi) is 5.34. The molecular weight excluding hydrogens is 269 g/mol. The van der Waals surface area contributed by atoms with Gasteiger partial charge in [-0.05, 0) is 57.9 Å². The van der Waals surface area contributed by atoms with Crippen LogP contribution in [-0.2, 0) is 4.74 Å². The molecule has 0 spiro atoms. The van der Waals surface area contributed by atoms with E-state index in [0.29, 0.717) is 17.6 Å². The molecule has 0 N–H and O–H groups in total. The maximum absolute atomic E-state index is 12.8. The van der Waals surface area contributed by atoms with Crippen molar-refractivity contribution in [2.45, 2.75) is 58.2 Å². The quantitative estimate of drug-likeness (QED) is 0.794. The zero-order chi connectivity index (χ0) is 15.4. The largest absolute Gasteiger partial charge is 0.458 e. The van der Waals surface area contributed by atoms with Gasteiger partial charge in [-0.15, -0.1) is 0 Å². The van der Waals surface area contributed by atoms with E-state index >= 15 is 0 Å². The van der Waals surface area contributed by atoms with Gasteiger partial charge in [0, 0.05) is 18.6 Å². The van der Waals surface area contributed by atoms with Crippen molar-refractivity contribution in [3.8, 4) is 0 Å². The summed E-state index contributed by atoms with van der Waals surface area (Å²) in [5.74, 6) is -0.740. The van der Waals surface area contributed by atoms with Gasteiger partial charge < -0.3 is 4.74 Å². The van der Waals surface area contributed by atoms with Crippen molar-refractivity contribution in [2.75, 3.05) is 6.54 Å². The monoisotopic (exact) mass is 293 g/mol. The van der Waals surface area contributed by atoms with Crippen LogP contribution < -0.4 is 0 Å². The second kappa shape index (κ2) is 7.03. The Morgan fingerprint density at radius 2 is 1.86 bits per heavy atom. The number of benzene rings is 1. The van der Waals surface area contributed by atoms with Gasteiger partial charge in [-0.1, -0.05) is 6.42 Å². The van der Waals surface area contributed by atoms with E-state index in [1.165, 1.54) is 43.5 Å². The van der Waals surface area contributed by atoms with Gasteiger partial charge in [0.2, 0.25) is 0 Å². The Morgan fingerprint density at radius 3 is 2.43 bits per heavy atom. The highest BCUT2D eigenvalue weighted by Crippen LogP contribution is 2.23. The third kappa shape index (κ3) is 4.27. The summed E-state index contributed by atoms with van der Waals surface area (Å²) in [7, 11) is 0. The fourth-order valence-corrected chi connectivity index (χ4v) is 3.01. The van der Waals surface area contributed by atoms with Crippen molar-refractivity contribution in [3.63, 3.8) is 0 Å². The molecule has 1 aromatic carbocycles. The van der Waals surface area contributed by atoms with E-state index < -0.39 is 0 Å². The maximum Gasteiger partial charge on any atom is 0.338 e. The first-order valence-corrected chi connectivity index (χ1v) is 7.69. The molecule has 3 atom stereocenters. The highest BCUT2D eigenvalue weighted by molar-refractivity contribution is 5.89. The molecule has 0 radical (unpaired) electrons. The van der Waals surface area contributed by atoms with Crippen molar-refractivity contribution in [3.05, 3.63) is 35.6 Å². The molecule has 1 saturated heterocycles. The minimum atomic E-state index is -0.389. The second-order valence-electron chi connectivity index (χ2n) is 6.05. The minimum absolute atomic E-state index is 0.175. The molecule has 0 amide bonds. The molecule has 0 unspecified atom stereocenters. The van der Waals surface area contributed by atoms with Crippen LogP contribution in [0.2, 0.25) is 0 Å². The third-order valence-electron chi connectivity index (χ3n) is 4.23. The molecule has 0 aromatic heterocycles. The normalized spacial score (nSPS) is 24.6. The molecule has 0 saturated carbocycles. The van der Waals surface area contributed by atoms with Crippen molar-refractivity contribution in [1.29, 1.82) is 0 Å². The Hall–Kier alpha value is -1.42. The smallest absolute Gasteiger partial charge is 0.338 e. The maximum atomic E-state index is 12.8. The highest BCUT2D eigenvalue weighted by atomic mass is 19.1. The average molecular weight is 293 g/mol. The number of piperidine rings is 1. The number of ether oxygens (including phenoxy) is 1. The van der Waals surface area contributed by atoms with Crippen LogP contribution in [0.5, 0.6) is 0 Å². The number of esters is 1. The predicted octanol–water partition coefficient (Wildman–Crippen LogP) is 3.63. The molecule has 1 aromatic rings. The lowest BCUT2D eigenvalue weighted by molar-refractivity contribution is 0.00811. The Bertz CT molecular complexity index is 464. The van der Waals surface area contributed by atoms with Crippen LogP contribution in [0, 0.1) is 5.82 Å².